The molecule has 0 N–H and O–H groups in total. The molecule has 2 aromatic rings. The molecule has 1 aliphatic heterocycles. The Labute approximate surface area is 112 Å². The number of ether oxygens (including phenoxy) is 1. The van der Waals surface area contributed by atoms with Crippen LogP contribution in [0.15, 0.2) is 36.5 Å². The summed E-state index contributed by atoms with van der Waals surface area (Å²) in [5, 5.41) is 0. The first-order valence-corrected chi connectivity index (χ1v) is 6.43. The zero-order valence-electron chi connectivity index (χ0n) is 10.8. The Morgan fingerprint density at radius 1 is 1.32 bits per heavy atom. The molecule has 0 amide bonds. The van der Waals surface area contributed by atoms with Crippen molar-refractivity contribution in [2.75, 3.05) is 6.61 Å². The van der Waals surface area contributed by atoms with E-state index in [0.717, 1.165) is 34.6 Å². The number of benzene rings is 1. The van der Waals surface area contributed by atoms with Crippen LogP contribution in [-0.2, 0) is 12.8 Å². The third-order valence-corrected chi connectivity index (χ3v) is 3.33. The first-order chi connectivity index (χ1) is 9.22. The fourth-order valence-corrected chi connectivity index (χ4v) is 2.23. The van der Waals surface area contributed by atoms with Crippen molar-refractivity contribution in [1.29, 1.82) is 0 Å². The normalized spacial score (nSPS) is 12.9. The van der Waals surface area contributed by atoms with Gasteiger partial charge in [0.1, 0.15) is 5.75 Å². The molecule has 3 nitrogen and oxygen atoms in total. The summed E-state index contributed by atoms with van der Waals surface area (Å²) in [5.74, 6) is 1.01. The molecule has 0 unspecified atom stereocenters. The Hall–Kier alpha value is -2.16. The van der Waals surface area contributed by atoms with Crippen LogP contribution in [0.25, 0.3) is 0 Å². The van der Waals surface area contributed by atoms with Crippen molar-refractivity contribution in [3.8, 4) is 5.75 Å². The highest BCUT2D eigenvalue weighted by atomic mass is 16.5. The molecule has 3 rings (SSSR count). The minimum atomic E-state index is 0.103. The quantitative estimate of drug-likeness (QED) is 0.789. The zero-order valence-corrected chi connectivity index (χ0v) is 10.8. The minimum Gasteiger partial charge on any atom is -0.493 e. The Morgan fingerprint density at radius 2 is 2.21 bits per heavy atom. The van der Waals surface area contributed by atoms with Gasteiger partial charge in [0.05, 0.1) is 13.0 Å². The Morgan fingerprint density at radius 3 is 3.00 bits per heavy atom. The lowest BCUT2D eigenvalue weighted by Crippen LogP contribution is -2.05. The number of Topliss-reactive ketones (excluding diaryl/α,β-unsaturated/α-hetero) is 1. The molecule has 3 heteroatoms. The molecule has 0 fully saturated rings. The Kier molecular flexibility index (Phi) is 3.03. The highest BCUT2D eigenvalue weighted by Crippen LogP contribution is 2.26. The summed E-state index contributed by atoms with van der Waals surface area (Å²) in [6.07, 6.45) is 3.03. The molecule has 0 saturated carbocycles. The van der Waals surface area contributed by atoms with Gasteiger partial charge < -0.3 is 4.74 Å². The van der Waals surface area contributed by atoms with Crippen LogP contribution in [0.4, 0.5) is 0 Å². The third kappa shape index (κ3) is 2.50. The third-order valence-electron chi connectivity index (χ3n) is 3.33. The van der Waals surface area contributed by atoms with E-state index >= 15 is 0 Å². The SMILES string of the molecule is Cc1ccc(CC(=O)c2ccc3c(c2)CCO3)nc1. The van der Waals surface area contributed by atoms with Crippen molar-refractivity contribution in [3.05, 3.63) is 58.9 Å². The van der Waals surface area contributed by atoms with Crippen LogP contribution in [0.2, 0.25) is 0 Å². The van der Waals surface area contributed by atoms with E-state index in [9.17, 15) is 4.79 Å². The number of carbonyl (C=O) groups excluding carboxylic acids is 1. The fourth-order valence-electron chi connectivity index (χ4n) is 2.23. The lowest BCUT2D eigenvalue weighted by atomic mass is 10.0. The average Bonchev–Trinajstić information content (AvgIpc) is 2.88. The number of pyridine rings is 1. The smallest absolute Gasteiger partial charge is 0.168 e. The number of aromatic nitrogens is 1. The maximum atomic E-state index is 12.2. The first-order valence-electron chi connectivity index (χ1n) is 6.43. The summed E-state index contributed by atoms with van der Waals surface area (Å²) in [7, 11) is 0. The molecule has 2 heterocycles. The average molecular weight is 253 g/mol. The molecular formula is C16H15NO2. The summed E-state index contributed by atoms with van der Waals surface area (Å²) in [6.45, 7) is 2.70. The van der Waals surface area contributed by atoms with Crippen molar-refractivity contribution in [3.63, 3.8) is 0 Å². The van der Waals surface area contributed by atoms with Crippen LogP contribution in [0.3, 0.4) is 0 Å². The minimum absolute atomic E-state index is 0.103. The monoisotopic (exact) mass is 253 g/mol. The first kappa shape index (κ1) is 11.9. The maximum Gasteiger partial charge on any atom is 0.168 e. The van der Waals surface area contributed by atoms with Gasteiger partial charge in [-0.3, -0.25) is 9.78 Å². The molecule has 1 aromatic heterocycles. The van der Waals surface area contributed by atoms with Crippen LogP contribution in [0.5, 0.6) is 5.75 Å². The second-order valence-electron chi connectivity index (χ2n) is 4.85. The molecule has 96 valence electrons. The van der Waals surface area contributed by atoms with Gasteiger partial charge in [-0.25, -0.2) is 0 Å². The molecule has 0 saturated heterocycles. The predicted octanol–water partition coefficient (Wildman–Crippen LogP) is 2.75. The number of carbonyl (C=O) groups is 1. The van der Waals surface area contributed by atoms with E-state index in [1.807, 2.05) is 37.3 Å². The van der Waals surface area contributed by atoms with Crippen LogP contribution in [-0.4, -0.2) is 17.4 Å². The van der Waals surface area contributed by atoms with Crippen molar-refractivity contribution in [2.24, 2.45) is 0 Å². The van der Waals surface area contributed by atoms with Gasteiger partial charge in [0.25, 0.3) is 0 Å². The van der Waals surface area contributed by atoms with E-state index < -0.39 is 0 Å². The summed E-state index contributed by atoms with van der Waals surface area (Å²) in [6, 6.07) is 9.55. The number of ketones is 1. The van der Waals surface area contributed by atoms with Crippen LogP contribution in [0.1, 0.15) is 27.2 Å². The summed E-state index contributed by atoms with van der Waals surface area (Å²) in [4.78, 5) is 16.5. The van der Waals surface area contributed by atoms with Gasteiger partial charge in [0.2, 0.25) is 0 Å². The van der Waals surface area contributed by atoms with E-state index in [1.165, 1.54) is 0 Å². The van der Waals surface area contributed by atoms with Crippen molar-refractivity contribution in [2.45, 2.75) is 19.8 Å². The number of aryl methyl sites for hydroxylation is 1. The second kappa shape index (κ2) is 4.84. The Bertz CT molecular complexity index is 617. The lowest BCUT2D eigenvalue weighted by Gasteiger charge is -2.04. The van der Waals surface area contributed by atoms with E-state index in [0.29, 0.717) is 13.0 Å². The molecular weight excluding hydrogens is 238 g/mol. The second-order valence-corrected chi connectivity index (χ2v) is 4.85. The van der Waals surface area contributed by atoms with Crippen molar-refractivity contribution < 1.29 is 9.53 Å². The van der Waals surface area contributed by atoms with Gasteiger partial charge in [-0.15, -0.1) is 0 Å². The number of hydrogen-bond acceptors (Lipinski definition) is 3. The molecule has 0 radical (unpaired) electrons. The summed E-state index contributed by atoms with van der Waals surface area (Å²) < 4.78 is 5.44. The van der Waals surface area contributed by atoms with Crippen LogP contribution >= 0.6 is 0 Å². The van der Waals surface area contributed by atoms with E-state index in [4.69, 9.17) is 4.74 Å². The van der Waals surface area contributed by atoms with Crippen molar-refractivity contribution in [1.82, 2.24) is 4.98 Å². The summed E-state index contributed by atoms with van der Waals surface area (Å²) >= 11 is 0. The van der Waals surface area contributed by atoms with E-state index in [-0.39, 0.29) is 5.78 Å². The maximum absolute atomic E-state index is 12.2. The van der Waals surface area contributed by atoms with Gasteiger partial charge in [-0.05, 0) is 42.3 Å². The van der Waals surface area contributed by atoms with Crippen LogP contribution < -0.4 is 4.74 Å². The Balaban J connectivity index is 1.78. The zero-order chi connectivity index (χ0) is 13.2. The molecule has 1 aromatic carbocycles. The van der Waals surface area contributed by atoms with Crippen molar-refractivity contribution >= 4 is 5.78 Å². The van der Waals surface area contributed by atoms with Gasteiger partial charge in [0, 0.05) is 23.9 Å². The molecule has 19 heavy (non-hydrogen) atoms. The van der Waals surface area contributed by atoms with Gasteiger partial charge >= 0.3 is 0 Å². The lowest BCUT2D eigenvalue weighted by molar-refractivity contribution is 0.0992. The number of fused-ring (bicyclic) bond motifs is 1. The topological polar surface area (TPSA) is 39.2 Å². The van der Waals surface area contributed by atoms with E-state index in [2.05, 4.69) is 4.98 Å². The number of rotatable bonds is 3. The van der Waals surface area contributed by atoms with Gasteiger partial charge in [-0.2, -0.15) is 0 Å². The predicted molar refractivity (Wildman–Crippen MR) is 72.6 cm³/mol. The molecule has 0 aliphatic carbocycles. The number of hydrogen-bond donors (Lipinski definition) is 0. The van der Waals surface area contributed by atoms with Crippen LogP contribution in [0, 0.1) is 6.92 Å². The molecule has 0 atom stereocenters. The number of nitrogens with zero attached hydrogens (tertiary/aromatic N) is 1. The van der Waals surface area contributed by atoms with Gasteiger partial charge in [-0.1, -0.05) is 6.07 Å². The fraction of sp³-hybridized carbons (Fsp3) is 0.250. The largest absolute Gasteiger partial charge is 0.493 e. The van der Waals surface area contributed by atoms with Gasteiger partial charge in [0.15, 0.2) is 5.78 Å². The molecule has 0 bridgehead atoms. The molecule has 0 spiro atoms. The standard InChI is InChI=1S/C16H15NO2/c1-11-2-4-14(17-10-11)9-15(18)12-3-5-16-13(8-12)6-7-19-16/h2-5,8,10H,6-7,9H2,1H3. The summed E-state index contributed by atoms with van der Waals surface area (Å²) in [5.41, 5.74) is 3.78. The highest BCUT2D eigenvalue weighted by molar-refractivity contribution is 5.97. The van der Waals surface area contributed by atoms with E-state index in [1.54, 1.807) is 6.20 Å². The molecule has 1 aliphatic rings. The highest BCUT2D eigenvalue weighted by Gasteiger charge is 2.15.